The first-order valence-corrected chi connectivity index (χ1v) is 7.17. The fourth-order valence-electron chi connectivity index (χ4n) is 2.12. The van der Waals surface area contributed by atoms with Crippen LogP contribution in [-0.2, 0) is 0 Å². The van der Waals surface area contributed by atoms with E-state index >= 15 is 0 Å². The van der Waals surface area contributed by atoms with E-state index in [0.717, 1.165) is 17.1 Å². The van der Waals surface area contributed by atoms with E-state index in [0.29, 0.717) is 11.8 Å². The van der Waals surface area contributed by atoms with Crippen LogP contribution in [0.15, 0.2) is 54.7 Å². The lowest BCUT2D eigenvalue weighted by molar-refractivity contribution is 0.415. The first kappa shape index (κ1) is 14.8. The summed E-state index contributed by atoms with van der Waals surface area (Å²) < 4.78 is 5.20. The third kappa shape index (κ3) is 3.94. The third-order valence-corrected chi connectivity index (χ3v) is 3.18. The minimum absolute atomic E-state index is 0.413. The first-order chi connectivity index (χ1) is 11.2. The Hall–Kier alpha value is -3.15. The molecule has 1 aromatic heterocycles. The predicted octanol–water partition coefficient (Wildman–Crippen LogP) is 3.68. The summed E-state index contributed by atoms with van der Waals surface area (Å²) in [6.07, 6.45) is 1.58. The Balaban J connectivity index is 1.76. The van der Waals surface area contributed by atoms with E-state index in [-0.39, 0.29) is 0 Å². The summed E-state index contributed by atoms with van der Waals surface area (Å²) in [6, 6.07) is 15.6. The van der Waals surface area contributed by atoms with Gasteiger partial charge in [-0.25, -0.2) is 0 Å². The summed E-state index contributed by atoms with van der Waals surface area (Å²) in [5, 5.41) is 14.3. The van der Waals surface area contributed by atoms with Crippen LogP contribution < -0.4 is 15.4 Å². The molecule has 0 atom stereocenters. The molecule has 1 heterocycles. The van der Waals surface area contributed by atoms with E-state index in [4.69, 9.17) is 4.74 Å². The normalized spacial score (nSPS) is 10.2. The molecule has 3 rings (SSSR count). The quantitative estimate of drug-likeness (QED) is 0.749. The average Bonchev–Trinajstić information content (AvgIpc) is 2.55. The highest BCUT2D eigenvalue weighted by Gasteiger charge is 2.03. The molecule has 0 aliphatic carbocycles. The van der Waals surface area contributed by atoms with Crippen LogP contribution in [0.3, 0.4) is 0 Å². The lowest BCUT2D eigenvalue weighted by Crippen LogP contribution is -2.02. The Morgan fingerprint density at radius 3 is 2.52 bits per heavy atom. The zero-order valence-electron chi connectivity index (χ0n) is 12.9. The van der Waals surface area contributed by atoms with Crippen molar-refractivity contribution in [2.75, 3.05) is 17.7 Å². The van der Waals surface area contributed by atoms with Gasteiger partial charge in [-0.15, -0.1) is 5.10 Å². The number of aryl methyl sites for hydroxylation is 1. The van der Waals surface area contributed by atoms with Crippen molar-refractivity contribution >= 4 is 23.1 Å². The number of nitrogens with zero attached hydrogens (tertiary/aromatic N) is 3. The molecular weight excluding hydrogens is 290 g/mol. The van der Waals surface area contributed by atoms with Gasteiger partial charge in [0.05, 0.1) is 13.3 Å². The van der Waals surface area contributed by atoms with Crippen molar-refractivity contribution in [1.29, 1.82) is 0 Å². The molecule has 6 nitrogen and oxygen atoms in total. The summed E-state index contributed by atoms with van der Waals surface area (Å²) in [5.74, 6) is 1.80. The van der Waals surface area contributed by atoms with Gasteiger partial charge in [0.2, 0.25) is 5.95 Å². The van der Waals surface area contributed by atoms with Gasteiger partial charge in [0.15, 0.2) is 5.82 Å². The van der Waals surface area contributed by atoms with Crippen LogP contribution in [0.2, 0.25) is 0 Å². The molecule has 0 aliphatic heterocycles. The molecule has 2 aromatic carbocycles. The molecule has 0 aliphatic rings. The van der Waals surface area contributed by atoms with Gasteiger partial charge < -0.3 is 15.4 Å². The van der Waals surface area contributed by atoms with Crippen LogP contribution in [0.5, 0.6) is 5.75 Å². The Kier molecular flexibility index (Phi) is 4.33. The maximum atomic E-state index is 5.20. The van der Waals surface area contributed by atoms with Crippen LogP contribution in [-0.4, -0.2) is 22.3 Å². The molecule has 0 amide bonds. The lowest BCUT2D eigenvalue weighted by Gasteiger charge is -2.09. The smallest absolute Gasteiger partial charge is 0.249 e. The van der Waals surface area contributed by atoms with Gasteiger partial charge >= 0.3 is 0 Å². The summed E-state index contributed by atoms with van der Waals surface area (Å²) >= 11 is 0. The summed E-state index contributed by atoms with van der Waals surface area (Å²) in [6.45, 7) is 2.04. The van der Waals surface area contributed by atoms with Crippen LogP contribution in [0.25, 0.3) is 0 Å². The fourth-order valence-corrected chi connectivity index (χ4v) is 2.12. The van der Waals surface area contributed by atoms with E-state index in [1.165, 1.54) is 5.56 Å². The van der Waals surface area contributed by atoms with Gasteiger partial charge in [-0.1, -0.05) is 18.2 Å². The van der Waals surface area contributed by atoms with Crippen molar-refractivity contribution in [3.8, 4) is 5.75 Å². The monoisotopic (exact) mass is 307 g/mol. The number of benzene rings is 2. The van der Waals surface area contributed by atoms with E-state index in [2.05, 4.69) is 25.8 Å². The highest BCUT2D eigenvalue weighted by Crippen LogP contribution is 2.20. The molecule has 116 valence electrons. The molecule has 0 spiro atoms. The number of rotatable bonds is 5. The summed E-state index contributed by atoms with van der Waals surface area (Å²) in [4.78, 5) is 4.41. The van der Waals surface area contributed by atoms with Gasteiger partial charge in [-0.2, -0.15) is 10.1 Å². The molecule has 3 aromatic rings. The second kappa shape index (κ2) is 6.74. The molecular formula is C17H17N5O. The third-order valence-electron chi connectivity index (χ3n) is 3.18. The van der Waals surface area contributed by atoms with Crippen molar-refractivity contribution in [2.45, 2.75) is 6.92 Å². The van der Waals surface area contributed by atoms with E-state index in [1.807, 2.05) is 55.5 Å². The van der Waals surface area contributed by atoms with Crippen molar-refractivity contribution in [3.05, 3.63) is 60.3 Å². The van der Waals surface area contributed by atoms with Crippen LogP contribution >= 0.6 is 0 Å². The topological polar surface area (TPSA) is 72.0 Å². The maximum Gasteiger partial charge on any atom is 0.249 e. The molecule has 6 heteroatoms. The van der Waals surface area contributed by atoms with Crippen molar-refractivity contribution in [1.82, 2.24) is 15.2 Å². The Morgan fingerprint density at radius 2 is 1.74 bits per heavy atom. The van der Waals surface area contributed by atoms with Crippen LogP contribution in [0.1, 0.15) is 5.56 Å². The van der Waals surface area contributed by atoms with Gasteiger partial charge in [-0.3, -0.25) is 0 Å². The number of hydrogen-bond acceptors (Lipinski definition) is 6. The zero-order chi connectivity index (χ0) is 16.1. The van der Waals surface area contributed by atoms with Crippen LogP contribution in [0.4, 0.5) is 23.1 Å². The Labute approximate surface area is 134 Å². The summed E-state index contributed by atoms with van der Waals surface area (Å²) in [7, 11) is 1.63. The summed E-state index contributed by atoms with van der Waals surface area (Å²) in [5.41, 5.74) is 2.96. The zero-order valence-corrected chi connectivity index (χ0v) is 12.9. The van der Waals surface area contributed by atoms with Crippen molar-refractivity contribution in [3.63, 3.8) is 0 Å². The van der Waals surface area contributed by atoms with Gasteiger partial charge in [0.25, 0.3) is 0 Å². The number of methoxy groups -OCH3 is 1. The first-order valence-electron chi connectivity index (χ1n) is 7.17. The van der Waals surface area contributed by atoms with Crippen molar-refractivity contribution < 1.29 is 4.74 Å². The largest absolute Gasteiger partial charge is 0.497 e. The second-order valence-corrected chi connectivity index (χ2v) is 5.02. The molecule has 2 N–H and O–H groups in total. The van der Waals surface area contributed by atoms with Gasteiger partial charge in [0.1, 0.15) is 5.75 Å². The highest BCUT2D eigenvalue weighted by atomic mass is 16.5. The molecule has 0 bridgehead atoms. The molecule has 0 fully saturated rings. The van der Waals surface area contributed by atoms with E-state index in [1.54, 1.807) is 13.3 Å². The van der Waals surface area contributed by atoms with Crippen LogP contribution in [0, 0.1) is 6.92 Å². The van der Waals surface area contributed by atoms with Gasteiger partial charge in [0, 0.05) is 17.4 Å². The highest BCUT2D eigenvalue weighted by molar-refractivity contribution is 5.59. The van der Waals surface area contributed by atoms with Gasteiger partial charge in [-0.05, 0) is 36.8 Å². The Bertz CT molecular complexity index is 806. The van der Waals surface area contributed by atoms with E-state index < -0.39 is 0 Å². The molecule has 0 saturated heterocycles. The van der Waals surface area contributed by atoms with Crippen molar-refractivity contribution in [2.24, 2.45) is 0 Å². The number of aromatic nitrogens is 3. The number of hydrogen-bond donors (Lipinski definition) is 2. The molecule has 0 saturated carbocycles. The fraction of sp³-hybridized carbons (Fsp3) is 0.118. The second-order valence-electron chi connectivity index (χ2n) is 5.02. The average molecular weight is 307 g/mol. The molecule has 0 radical (unpaired) electrons. The SMILES string of the molecule is COc1cccc(Nc2nncc(Nc3cccc(C)c3)n2)c1. The number of nitrogens with one attached hydrogen (secondary N) is 2. The van der Waals surface area contributed by atoms with E-state index in [9.17, 15) is 0 Å². The minimum atomic E-state index is 0.413. The molecule has 23 heavy (non-hydrogen) atoms. The minimum Gasteiger partial charge on any atom is -0.497 e. The molecule has 0 unspecified atom stereocenters. The predicted molar refractivity (Wildman–Crippen MR) is 90.6 cm³/mol. The standard InChI is InChI=1S/C17H17N5O/c1-12-5-3-6-13(9-12)19-16-11-18-22-17(21-16)20-14-7-4-8-15(10-14)23-2/h3-11H,1-2H3,(H2,19,20,21,22). The number of ether oxygens (including phenoxy) is 1. The Morgan fingerprint density at radius 1 is 0.957 bits per heavy atom. The number of anilines is 4. The lowest BCUT2D eigenvalue weighted by atomic mass is 10.2. The maximum absolute atomic E-state index is 5.20.